The number of anilines is 2. The molecule has 5 nitrogen and oxygen atoms in total. The van der Waals surface area contributed by atoms with Gasteiger partial charge in [-0.25, -0.2) is 0 Å². The summed E-state index contributed by atoms with van der Waals surface area (Å²) >= 11 is 0. The quantitative estimate of drug-likeness (QED) is 0.461. The zero-order chi connectivity index (χ0) is 13.7. The van der Waals surface area contributed by atoms with Crippen molar-refractivity contribution in [2.24, 2.45) is 5.92 Å². The highest BCUT2D eigenvalue weighted by Crippen LogP contribution is 2.26. The topological polar surface area (TPSA) is 81.2 Å². The van der Waals surface area contributed by atoms with Gasteiger partial charge in [-0.1, -0.05) is 26.7 Å². The maximum atomic E-state index is 10.7. The fourth-order valence-electron chi connectivity index (χ4n) is 2.19. The molecule has 18 heavy (non-hydrogen) atoms. The molecule has 0 fully saturated rings. The van der Waals surface area contributed by atoms with Gasteiger partial charge in [0.25, 0.3) is 5.69 Å². The number of nitro benzene ring substituents is 1. The summed E-state index contributed by atoms with van der Waals surface area (Å²) in [6, 6.07) is 5.09. The van der Waals surface area contributed by atoms with Gasteiger partial charge in [-0.15, -0.1) is 0 Å². The highest BCUT2D eigenvalue weighted by Gasteiger charge is 2.15. The van der Waals surface area contributed by atoms with Gasteiger partial charge in [-0.3, -0.25) is 10.1 Å². The van der Waals surface area contributed by atoms with Crippen LogP contribution < -0.4 is 11.1 Å². The van der Waals surface area contributed by atoms with Gasteiger partial charge in [0.05, 0.1) is 4.92 Å². The van der Waals surface area contributed by atoms with Crippen molar-refractivity contribution in [2.75, 3.05) is 11.1 Å². The Morgan fingerprint density at radius 2 is 2.00 bits per heavy atom. The Morgan fingerprint density at radius 1 is 1.39 bits per heavy atom. The largest absolute Gasteiger partial charge is 0.393 e. The highest BCUT2D eigenvalue weighted by atomic mass is 16.6. The van der Waals surface area contributed by atoms with Crippen LogP contribution in [0.5, 0.6) is 0 Å². The summed E-state index contributed by atoms with van der Waals surface area (Å²) in [7, 11) is 0. The minimum atomic E-state index is -0.469. The monoisotopic (exact) mass is 251 g/mol. The molecule has 100 valence electrons. The molecule has 0 amide bonds. The maximum Gasteiger partial charge on any atom is 0.292 e. The molecule has 1 rings (SSSR count). The SMILES string of the molecule is CCC(CC)C(C)Nc1ccc([N+](=O)[O-])c(N)c1. The van der Waals surface area contributed by atoms with Crippen molar-refractivity contribution in [1.29, 1.82) is 0 Å². The number of hydrogen-bond donors (Lipinski definition) is 2. The molecule has 0 aromatic heterocycles. The molecule has 0 aliphatic rings. The summed E-state index contributed by atoms with van der Waals surface area (Å²) < 4.78 is 0. The Kier molecular flexibility index (Phi) is 4.95. The molecule has 0 heterocycles. The van der Waals surface area contributed by atoms with Crippen molar-refractivity contribution in [2.45, 2.75) is 39.7 Å². The van der Waals surface area contributed by atoms with Crippen molar-refractivity contribution >= 4 is 17.1 Å². The summed E-state index contributed by atoms with van der Waals surface area (Å²) in [6.45, 7) is 6.45. The fourth-order valence-corrected chi connectivity index (χ4v) is 2.19. The number of nitrogens with two attached hydrogens (primary N) is 1. The summed E-state index contributed by atoms with van der Waals surface area (Å²) in [5, 5.41) is 14.0. The second-order valence-electron chi connectivity index (χ2n) is 4.54. The van der Waals surface area contributed by atoms with E-state index in [9.17, 15) is 10.1 Å². The van der Waals surface area contributed by atoms with Gasteiger partial charge in [-0.2, -0.15) is 0 Å². The van der Waals surface area contributed by atoms with Crippen molar-refractivity contribution in [3.63, 3.8) is 0 Å². The van der Waals surface area contributed by atoms with Crippen LogP contribution in [0.15, 0.2) is 18.2 Å². The second-order valence-corrected chi connectivity index (χ2v) is 4.54. The summed E-state index contributed by atoms with van der Waals surface area (Å²) in [5.41, 5.74) is 6.64. The van der Waals surface area contributed by atoms with Crippen LogP contribution in [0.4, 0.5) is 17.1 Å². The van der Waals surface area contributed by atoms with Crippen LogP contribution in [0.1, 0.15) is 33.6 Å². The number of benzene rings is 1. The Balaban J connectivity index is 2.80. The summed E-state index contributed by atoms with van der Waals surface area (Å²) in [4.78, 5) is 10.2. The van der Waals surface area contributed by atoms with Gasteiger partial charge in [0.2, 0.25) is 0 Å². The molecule has 0 aliphatic heterocycles. The van der Waals surface area contributed by atoms with E-state index in [1.54, 1.807) is 12.1 Å². The van der Waals surface area contributed by atoms with Crippen LogP contribution >= 0.6 is 0 Å². The summed E-state index contributed by atoms with van der Waals surface area (Å²) in [5.74, 6) is 0.585. The molecule has 1 aromatic rings. The number of nitro groups is 1. The summed E-state index contributed by atoms with van der Waals surface area (Å²) in [6.07, 6.45) is 2.21. The molecule has 0 radical (unpaired) electrons. The zero-order valence-electron chi connectivity index (χ0n) is 11.1. The van der Waals surface area contributed by atoms with E-state index in [2.05, 4.69) is 26.1 Å². The van der Waals surface area contributed by atoms with Crippen LogP contribution in [-0.2, 0) is 0 Å². The molecule has 1 aromatic carbocycles. The average molecular weight is 251 g/mol. The predicted octanol–water partition coefficient (Wildman–Crippen LogP) is 3.41. The molecule has 5 heteroatoms. The van der Waals surface area contributed by atoms with Gasteiger partial charge in [0, 0.05) is 17.8 Å². The Labute approximate surface area is 108 Å². The molecule has 0 bridgehead atoms. The van der Waals surface area contributed by atoms with Gasteiger partial charge in [0.15, 0.2) is 0 Å². The van der Waals surface area contributed by atoms with Crippen molar-refractivity contribution in [3.05, 3.63) is 28.3 Å². The smallest absolute Gasteiger partial charge is 0.292 e. The first-order valence-corrected chi connectivity index (χ1v) is 6.30. The molecular weight excluding hydrogens is 230 g/mol. The van der Waals surface area contributed by atoms with Crippen LogP contribution in [0.3, 0.4) is 0 Å². The standard InChI is InChI=1S/C13H21N3O2/c1-4-10(5-2)9(3)15-11-6-7-13(16(17)18)12(14)8-11/h6-10,15H,4-5,14H2,1-3H3. The lowest BCUT2D eigenvalue weighted by atomic mass is 9.95. The third-order valence-electron chi connectivity index (χ3n) is 3.37. The van der Waals surface area contributed by atoms with Gasteiger partial charge in [-0.05, 0) is 25.0 Å². The third kappa shape index (κ3) is 3.35. The van der Waals surface area contributed by atoms with Gasteiger partial charge < -0.3 is 11.1 Å². The van der Waals surface area contributed by atoms with E-state index < -0.39 is 4.92 Å². The minimum absolute atomic E-state index is 0.0456. The number of nitrogens with one attached hydrogen (secondary N) is 1. The minimum Gasteiger partial charge on any atom is -0.393 e. The first kappa shape index (κ1) is 14.3. The lowest BCUT2D eigenvalue weighted by Crippen LogP contribution is -2.25. The first-order chi connectivity index (χ1) is 8.49. The van der Waals surface area contributed by atoms with Crippen LogP contribution in [0.2, 0.25) is 0 Å². The molecule has 0 saturated carbocycles. The van der Waals surface area contributed by atoms with Gasteiger partial charge in [0.1, 0.15) is 5.69 Å². The lowest BCUT2D eigenvalue weighted by Gasteiger charge is -2.23. The highest BCUT2D eigenvalue weighted by molar-refractivity contribution is 5.66. The lowest BCUT2D eigenvalue weighted by molar-refractivity contribution is -0.383. The number of hydrogen-bond acceptors (Lipinski definition) is 4. The van der Waals surface area contributed by atoms with E-state index in [4.69, 9.17) is 5.73 Å². The van der Waals surface area contributed by atoms with E-state index in [0.717, 1.165) is 18.5 Å². The third-order valence-corrected chi connectivity index (χ3v) is 3.37. The average Bonchev–Trinajstić information content (AvgIpc) is 2.30. The Bertz CT molecular complexity index is 417. The van der Waals surface area contributed by atoms with Gasteiger partial charge >= 0.3 is 0 Å². The molecule has 1 atom stereocenters. The molecule has 3 N–H and O–H groups in total. The van der Waals surface area contributed by atoms with Crippen molar-refractivity contribution in [1.82, 2.24) is 0 Å². The van der Waals surface area contributed by atoms with E-state index in [1.165, 1.54) is 6.07 Å². The van der Waals surface area contributed by atoms with Crippen molar-refractivity contribution < 1.29 is 4.92 Å². The molecule has 0 saturated heterocycles. The van der Waals surface area contributed by atoms with Crippen molar-refractivity contribution in [3.8, 4) is 0 Å². The Morgan fingerprint density at radius 3 is 2.44 bits per heavy atom. The maximum absolute atomic E-state index is 10.7. The second kappa shape index (κ2) is 6.23. The Hall–Kier alpha value is -1.78. The first-order valence-electron chi connectivity index (χ1n) is 6.30. The van der Waals surface area contributed by atoms with Crippen LogP contribution in [0.25, 0.3) is 0 Å². The van der Waals surface area contributed by atoms with E-state index >= 15 is 0 Å². The van der Waals surface area contributed by atoms with E-state index in [0.29, 0.717) is 12.0 Å². The molecule has 0 aliphatic carbocycles. The van der Waals surface area contributed by atoms with Crippen LogP contribution in [-0.4, -0.2) is 11.0 Å². The fraction of sp³-hybridized carbons (Fsp3) is 0.538. The predicted molar refractivity (Wildman–Crippen MR) is 74.7 cm³/mol. The normalized spacial score (nSPS) is 12.4. The number of nitrogen functional groups attached to an aromatic ring is 1. The molecular formula is C13H21N3O2. The molecule has 0 spiro atoms. The van der Waals surface area contributed by atoms with Crippen LogP contribution in [0, 0.1) is 16.0 Å². The zero-order valence-corrected chi connectivity index (χ0v) is 11.1. The number of rotatable bonds is 6. The van der Waals surface area contributed by atoms with E-state index in [1.807, 2.05) is 0 Å². The van der Waals surface area contributed by atoms with E-state index in [-0.39, 0.29) is 11.4 Å². The molecule has 1 unspecified atom stereocenters. The number of nitrogens with zero attached hydrogens (tertiary/aromatic N) is 1.